The number of carbonyl (C=O) groups is 2. The molecule has 28 heavy (non-hydrogen) atoms. The highest BCUT2D eigenvalue weighted by Crippen LogP contribution is 2.06. The fourth-order valence-corrected chi connectivity index (χ4v) is 2.26. The van der Waals surface area contributed by atoms with Gasteiger partial charge in [-0.3, -0.25) is 14.6 Å². The molecule has 0 radical (unpaired) electrons. The van der Waals surface area contributed by atoms with E-state index in [1.807, 2.05) is 52.8 Å². The summed E-state index contributed by atoms with van der Waals surface area (Å²) in [5.74, 6) is 0.343. The molecule has 4 N–H and O–H groups in total. The Labute approximate surface area is 185 Å². The Hall–Kier alpha value is -1.84. The highest BCUT2D eigenvalue weighted by atomic mass is 127. The van der Waals surface area contributed by atoms with Gasteiger partial charge in [0.2, 0.25) is 5.91 Å². The van der Waals surface area contributed by atoms with Gasteiger partial charge in [-0.1, -0.05) is 19.1 Å². The van der Waals surface area contributed by atoms with Gasteiger partial charge in [-0.15, -0.1) is 24.0 Å². The molecule has 0 spiro atoms. The minimum absolute atomic E-state index is 0. The number of nitrogens with zero attached hydrogens (tertiary/aromatic N) is 1. The van der Waals surface area contributed by atoms with Crippen molar-refractivity contribution in [1.82, 2.24) is 21.3 Å². The predicted molar refractivity (Wildman–Crippen MR) is 125 cm³/mol. The normalized spacial score (nSPS) is 12.4. The lowest BCUT2D eigenvalue weighted by Gasteiger charge is -2.21. The van der Waals surface area contributed by atoms with Crippen molar-refractivity contribution in [2.75, 3.05) is 13.6 Å². The molecule has 0 fully saturated rings. The summed E-state index contributed by atoms with van der Waals surface area (Å²) in [6.45, 7) is 10.4. The summed E-state index contributed by atoms with van der Waals surface area (Å²) < 4.78 is 0. The number of guanidine groups is 1. The molecule has 1 atom stereocenters. The lowest BCUT2D eigenvalue weighted by molar-refractivity contribution is -0.121. The van der Waals surface area contributed by atoms with Crippen molar-refractivity contribution >= 4 is 41.8 Å². The van der Waals surface area contributed by atoms with Crippen LogP contribution < -0.4 is 21.3 Å². The van der Waals surface area contributed by atoms with Gasteiger partial charge in [0.05, 0.1) is 6.54 Å². The van der Waals surface area contributed by atoms with E-state index < -0.39 is 0 Å². The van der Waals surface area contributed by atoms with Crippen molar-refractivity contribution < 1.29 is 9.59 Å². The lowest BCUT2D eigenvalue weighted by Crippen LogP contribution is -2.48. The second-order valence-electron chi connectivity index (χ2n) is 7.56. The quantitative estimate of drug-likeness (QED) is 0.261. The molecule has 0 aliphatic rings. The van der Waals surface area contributed by atoms with Crippen molar-refractivity contribution in [2.45, 2.75) is 59.2 Å². The number of hydrogen-bond donors (Lipinski definition) is 4. The van der Waals surface area contributed by atoms with Gasteiger partial charge in [-0.05, 0) is 51.8 Å². The van der Waals surface area contributed by atoms with E-state index in [0.29, 0.717) is 18.1 Å². The number of amides is 2. The van der Waals surface area contributed by atoms with Crippen LogP contribution in [-0.4, -0.2) is 42.9 Å². The summed E-state index contributed by atoms with van der Waals surface area (Å²) in [7, 11) is 1.65. The average Bonchev–Trinajstić information content (AvgIpc) is 2.60. The Morgan fingerprint density at radius 1 is 1.18 bits per heavy atom. The number of aliphatic imine (C=N–C) groups is 1. The maximum atomic E-state index is 12.2. The molecule has 2 amide bonds. The van der Waals surface area contributed by atoms with Crippen LogP contribution in [0.25, 0.3) is 0 Å². The maximum Gasteiger partial charge on any atom is 0.251 e. The van der Waals surface area contributed by atoms with Gasteiger partial charge in [0, 0.05) is 30.7 Å². The van der Waals surface area contributed by atoms with Crippen molar-refractivity contribution in [3.05, 3.63) is 35.4 Å². The first-order valence-corrected chi connectivity index (χ1v) is 9.30. The van der Waals surface area contributed by atoms with Crippen molar-refractivity contribution in [3.8, 4) is 0 Å². The van der Waals surface area contributed by atoms with Crippen LogP contribution >= 0.6 is 24.0 Å². The second-order valence-corrected chi connectivity index (χ2v) is 7.56. The van der Waals surface area contributed by atoms with Crippen LogP contribution in [0, 0.1) is 0 Å². The number of halogens is 1. The number of rotatable bonds is 7. The zero-order chi connectivity index (χ0) is 20.4. The molecule has 0 bridgehead atoms. The molecular formula is C20H34IN5O2. The van der Waals surface area contributed by atoms with Crippen LogP contribution in [0.1, 0.15) is 57.0 Å². The van der Waals surface area contributed by atoms with Gasteiger partial charge in [0.1, 0.15) is 0 Å². The van der Waals surface area contributed by atoms with Crippen LogP contribution in [0.15, 0.2) is 29.3 Å². The topological polar surface area (TPSA) is 94.6 Å². The van der Waals surface area contributed by atoms with E-state index in [1.165, 1.54) is 0 Å². The number of nitrogens with one attached hydrogen (secondary N) is 4. The summed E-state index contributed by atoms with van der Waals surface area (Å²) in [5.41, 5.74) is 1.31. The molecular weight excluding hydrogens is 469 g/mol. The smallest absolute Gasteiger partial charge is 0.251 e. The van der Waals surface area contributed by atoms with Crippen LogP contribution in [-0.2, 0) is 11.3 Å². The van der Waals surface area contributed by atoms with Gasteiger partial charge in [-0.25, -0.2) is 0 Å². The summed E-state index contributed by atoms with van der Waals surface area (Å²) in [6.07, 6.45) is 0.887. The molecule has 0 aromatic heterocycles. The Bertz CT molecular complexity index is 671. The molecule has 1 unspecified atom stereocenters. The molecule has 158 valence electrons. The van der Waals surface area contributed by atoms with Crippen LogP contribution in [0.2, 0.25) is 0 Å². The van der Waals surface area contributed by atoms with Crippen LogP contribution in [0.5, 0.6) is 0 Å². The summed E-state index contributed by atoms with van der Waals surface area (Å²) >= 11 is 0. The van der Waals surface area contributed by atoms with Crippen LogP contribution in [0.3, 0.4) is 0 Å². The predicted octanol–water partition coefficient (Wildman–Crippen LogP) is 2.41. The van der Waals surface area contributed by atoms with Gasteiger partial charge in [0.25, 0.3) is 5.91 Å². The minimum atomic E-state index is -0.272. The van der Waals surface area contributed by atoms with Crippen molar-refractivity contribution in [1.29, 1.82) is 0 Å². The molecule has 0 heterocycles. The Kier molecular flexibility index (Phi) is 11.8. The number of carbonyl (C=O) groups excluding carboxylic acids is 2. The highest BCUT2D eigenvalue weighted by Gasteiger charge is 2.14. The number of benzene rings is 1. The lowest BCUT2D eigenvalue weighted by atomic mass is 10.1. The van der Waals surface area contributed by atoms with E-state index in [2.05, 4.69) is 26.3 Å². The molecule has 1 aromatic carbocycles. The summed E-state index contributed by atoms with van der Waals surface area (Å²) in [5, 5.41) is 12.0. The Morgan fingerprint density at radius 3 is 2.43 bits per heavy atom. The number of hydrogen-bond acceptors (Lipinski definition) is 3. The van der Waals surface area contributed by atoms with E-state index in [4.69, 9.17) is 0 Å². The first-order chi connectivity index (χ1) is 12.6. The van der Waals surface area contributed by atoms with Gasteiger partial charge >= 0.3 is 0 Å². The van der Waals surface area contributed by atoms with Gasteiger partial charge in [-0.2, -0.15) is 0 Å². The molecule has 7 nitrogen and oxygen atoms in total. The first-order valence-electron chi connectivity index (χ1n) is 9.30. The van der Waals surface area contributed by atoms with Gasteiger partial charge < -0.3 is 21.3 Å². The minimum Gasteiger partial charge on any atom is -0.352 e. The highest BCUT2D eigenvalue weighted by molar-refractivity contribution is 14.0. The third-order valence-corrected chi connectivity index (χ3v) is 3.79. The Morgan fingerprint density at radius 2 is 1.86 bits per heavy atom. The fraction of sp³-hybridized carbons (Fsp3) is 0.550. The van der Waals surface area contributed by atoms with E-state index in [-0.39, 0.29) is 53.9 Å². The second kappa shape index (κ2) is 12.6. The molecule has 0 saturated carbocycles. The SMILES string of the molecule is CCC(C)NC(=O)c1cccc(CNC(=NC)NCC(=O)NC(C)(C)C)c1.I. The van der Waals surface area contributed by atoms with E-state index in [1.54, 1.807) is 13.1 Å². The molecule has 0 saturated heterocycles. The van der Waals surface area contributed by atoms with Gasteiger partial charge in [0.15, 0.2) is 5.96 Å². The van der Waals surface area contributed by atoms with E-state index in [9.17, 15) is 9.59 Å². The first kappa shape index (κ1) is 26.2. The van der Waals surface area contributed by atoms with E-state index in [0.717, 1.165) is 12.0 Å². The molecule has 0 aliphatic heterocycles. The van der Waals surface area contributed by atoms with Crippen molar-refractivity contribution in [3.63, 3.8) is 0 Å². The zero-order valence-corrected chi connectivity index (χ0v) is 20.0. The standard InChI is InChI=1S/C20H33N5O2.HI/c1-7-14(2)24-18(27)16-10-8-9-15(11-16)12-22-19(21-6)23-13-17(26)25-20(3,4)5;/h8-11,14H,7,12-13H2,1-6H3,(H,24,27)(H,25,26)(H2,21,22,23);1H. The van der Waals surface area contributed by atoms with Crippen molar-refractivity contribution in [2.24, 2.45) is 4.99 Å². The van der Waals surface area contributed by atoms with Crippen LogP contribution in [0.4, 0.5) is 0 Å². The average molecular weight is 503 g/mol. The van der Waals surface area contributed by atoms with E-state index >= 15 is 0 Å². The fourth-order valence-electron chi connectivity index (χ4n) is 2.26. The molecule has 1 rings (SSSR count). The summed E-state index contributed by atoms with van der Waals surface area (Å²) in [4.78, 5) is 28.2. The largest absolute Gasteiger partial charge is 0.352 e. The maximum absolute atomic E-state index is 12.2. The summed E-state index contributed by atoms with van der Waals surface area (Å²) in [6, 6.07) is 7.58. The zero-order valence-electron chi connectivity index (χ0n) is 17.7. The molecule has 0 aliphatic carbocycles. The third kappa shape index (κ3) is 10.5. The third-order valence-electron chi connectivity index (χ3n) is 3.79. The monoisotopic (exact) mass is 503 g/mol. The Balaban J connectivity index is 0.00000729. The molecule has 1 aromatic rings. The molecule has 8 heteroatoms.